The number of morpholine rings is 1. The van der Waals surface area contributed by atoms with Crippen LogP contribution in [0.5, 0.6) is 5.75 Å². The fourth-order valence-electron chi connectivity index (χ4n) is 4.07. The van der Waals surface area contributed by atoms with Gasteiger partial charge in [-0.15, -0.1) is 0 Å². The first kappa shape index (κ1) is 20.8. The van der Waals surface area contributed by atoms with Crippen LogP contribution in [-0.4, -0.2) is 72.8 Å². The predicted molar refractivity (Wildman–Crippen MR) is 99.9 cm³/mol. The normalized spacial score (nSPS) is 25.8. The van der Waals surface area contributed by atoms with Gasteiger partial charge >= 0.3 is 12.2 Å². The maximum absolute atomic E-state index is 12.7. The van der Waals surface area contributed by atoms with E-state index in [-0.39, 0.29) is 42.7 Å². The topological polar surface area (TPSA) is 71.1 Å². The molecule has 30 heavy (non-hydrogen) atoms. The van der Waals surface area contributed by atoms with Crippen molar-refractivity contribution in [1.82, 2.24) is 15.1 Å². The van der Waals surface area contributed by atoms with Crippen molar-refractivity contribution in [1.29, 1.82) is 0 Å². The molecule has 164 valence electrons. The Morgan fingerprint density at radius 3 is 2.57 bits per heavy atom. The average Bonchev–Trinajstić information content (AvgIpc) is 2.65. The molecule has 1 aromatic rings. The van der Waals surface area contributed by atoms with Crippen LogP contribution in [0.2, 0.25) is 0 Å². The number of hydrogen-bond acceptors (Lipinski definition) is 4. The zero-order valence-electron chi connectivity index (χ0n) is 16.5. The molecule has 3 atom stereocenters. The van der Waals surface area contributed by atoms with E-state index < -0.39 is 11.7 Å². The van der Waals surface area contributed by atoms with Gasteiger partial charge in [-0.2, -0.15) is 13.2 Å². The van der Waals surface area contributed by atoms with Crippen LogP contribution in [0, 0.1) is 5.92 Å². The number of hydrogen-bond donors (Lipinski definition) is 1. The molecule has 0 aromatic heterocycles. The lowest BCUT2D eigenvalue weighted by Crippen LogP contribution is -2.64. The van der Waals surface area contributed by atoms with Crippen molar-refractivity contribution in [2.24, 2.45) is 5.92 Å². The van der Waals surface area contributed by atoms with E-state index in [1.54, 1.807) is 9.80 Å². The minimum Gasteiger partial charge on any atom is -0.490 e. The third-order valence-corrected chi connectivity index (χ3v) is 5.94. The number of alkyl halides is 3. The Hall–Kier alpha value is -2.49. The smallest absolute Gasteiger partial charge is 0.416 e. The highest BCUT2D eigenvalue weighted by Gasteiger charge is 2.41. The number of benzene rings is 1. The number of ether oxygens (including phenoxy) is 2. The predicted octanol–water partition coefficient (Wildman–Crippen LogP) is 2.11. The second-order valence-corrected chi connectivity index (χ2v) is 8.05. The van der Waals surface area contributed by atoms with Crippen molar-refractivity contribution in [2.45, 2.75) is 37.8 Å². The fraction of sp³-hybridized carbons (Fsp3) is 0.600. The van der Waals surface area contributed by atoms with E-state index in [1.165, 1.54) is 12.1 Å². The maximum Gasteiger partial charge on any atom is 0.416 e. The number of nitrogens with one attached hydrogen (secondary N) is 1. The molecule has 0 spiro atoms. The molecule has 3 aliphatic rings. The van der Waals surface area contributed by atoms with E-state index >= 15 is 0 Å². The monoisotopic (exact) mass is 427 g/mol. The van der Waals surface area contributed by atoms with E-state index in [0.717, 1.165) is 12.1 Å². The average molecular weight is 427 g/mol. The van der Waals surface area contributed by atoms with E-state index in [9.17, 15) is 22.8 Å². The molecule has 4 rings (SSSR count). The first-order valence-electron chi connectivity index (χ1n) is 9.99. The molecule has 3 amide bonds. The van der Waals surface area contributed by atoms with E-state index in [0.29, 0.717) is 38.3 Å². The van der Waals surface area contributed by atoms with E-state index in [1.807, 2.05) is 6.92 Å². The summed E-state index contributed by atoms with van der Waals surface area (Å²) in [5.74, 6) is 0.311. The molecule has 1 aromatic carbocycles. The second kappa shape index (κ2) is 7.98. The third kappa shape index (κ3) is 4.33. The van der Waals surface area contributed by atoms with Crippen LogP contribution in [0.4, 0.5) is 18.0 Å². The summed E-state index contributed by atoms with van der Waals surface area (Å²) in [4.78, 5) is 27.7. The number of piperidine rings is 1. The Morgan fingerprint density at radius 1 is 1.20 bits per heavy atom. The summed E-state index contributed by atoms with van der Waals surface area (Å²) in [6, 6.07) is 4.36. The highest BCUT2D eigenvalue weighted by molar-refractivity contribution is 5.79. The molecule has 10 heteroatoms. The number of nitrogens with zero attached hydrogens (tertiary/aromatic N) is 2. The molecule has 0 saturated carbocycles. The zero-order valence-corrected chi connectivity index (χ0v) is 16.5. The Morgan fingerprint density at radius 2 is 1.90 bits per heavy atom. The van der Waals surface area contributed by atoms with Gasteiger partial charge in [-0.05, 0) is 37.6 Å². The number of carbonyl (C=O) groups is 2. The summed E-state index contributed by atoms with van der Waals surface area (Å²) in [7, 11) is 0. The minimum atomic E-state index is -4.37. The lowest BCUT2D eigenvalue weighted by molar-refractivity contribution is -0.140. The molecule has 0 bridgehead atoms. The van der Waals surface area contributed by atoms with Gasteiger partial charge in [0.1, 0.15) is 18.5 Å². The number of rotatable bonds is 3. The van der Waals surface area contributed by atoms with Gasteiger partial charge in [0.2, 0.25) is 5.91 Å². The number of likely N-dealkylation sites (tertiary alicyclic amines) is 2. The van der Waals surface area contributed by atoms with Gasteiger partial charge in [-0.3, -0.25) is 4.79 Å². The molecule has 3 saturated heterocycles. The molecule has 7 nitrogen and oxygen atoms in total. The standard InChI is InChI=1S/C20H24F3N3O4/c1-12(30-15-4-2-14(3-5-15)20(21,22)23)13-8-26(9-13)19(28)25-7-6-17-16(10-25)24-18(27)11-29-17/h2-5,12-13,16-17H,6-11H2,1H3,(H,24,27)/t12?,16-,17+/m1/s1. The number of urea groups is 1. The summed E-state index contributed by atoms with van der Waals surface area (Å²) in [6.45, 7) is 3.97. The van der Waals surface area contributed by atoms with Gasteiger partial charge in [0, 0.05) is 32.1 Å². The van der Waals surface area contributed by atoms with Gasteiger partial charge in [0.05, 0.1) is 17.7 Å². The molecule has 0 radical (unpaired) electrons. The number of halogens is 3. The highest BCUT2D eigenvalue weighted by Crippen LogP contribution is 2.31. The summed E-state index contributed by atoms with van der Waals surface area (Å²) in [5.41, 5.74) is -0.716. The van der Waals surface area contributed by atoms with Gasteiger partial charge in [-0.25, -0.2) is 4.79 Å². The summed E-state index contributed by atoms with van der Waals surface area (Å²) in [6.07, 6.45) is -3.97. The molecule has 3 heterocycles. The van der Waals surface area contributed by atoms with Gasteiger partial charge in [0.15, 0.2) is 0 Å². The van der Waals surface area contributed by atoms with Crippen molar-refractivity contribution in [2.75, 3.05) is 32.8 Å². The Bertz CT molecular complexity index is 795. The summed E-state index contributed by atoms with van der Waals surface area (Å²) in [5, 5.41) is 2.88. The lowest BCUT2D eigenvalue weighted by Gasteiger charge is -2.47. The van der Waals surface area contributed by atoms with Crippen LogP contribution in [0.3, 0.4) is 0 Å². The van der Waals surface area contributed by atoms with Crippen molar-refractivity contribution in [3.63, 3.8) is 0 Å². The van der Waals surface area contributed by atoms with Crippen LogP contribution in [0.15, 0.2) is 24.3 Å². The number of fused-ring (bicyclic) bond motifs is 1. The Labute approximate surface area is 172 Å². The fourth-order valence-corrected chi connectivity index (χ4v) is 4.07. The Kier molecular flexibility index (Phi) is 5.52. The van der Waals surface area contributed by atoms with Crippen molar-refractivity contribution < 1.29 is 32.2 Å². The zero-order chi connectivity index (χ0) is 21.5. The Balaban J connectivity index is 1.25. The maximum atomic E-state index is 12.7. The van der Waals surface area contributed by atoms with Crippen molar-refractivity contribution in [3.8, 4) is 5.75 Å². The molecule has 3 aliphatic heterocycles. The van der Waals surface area contributed by atoms with Gasteiger partial charge in [0.25, 0.3) is 0 Å². The van der Waals surface area contributed by atoms with E-state index in [4.69, 9.17) is 9.47 Å². The molecular formula is C20H24F3N3O4. The SMILES string of the molecule is CC(Oc1ccc(C(F)(F)F)cc1)C1CN(C(=O)N2CC[C@@H]3OCC(=O)N[C@@H]3C2)C1. The summed E-state index contributed by atoms with van der Waals surface area (Å²) < 4.78 is 49.2. The molecule has 1 unspecified atom stereocenters. The highest BCUT2D eigenvalue weighted by atomic mass is 19.4. The van der Waals surface area contributed by atoms with Crippen LogP contribution in [0.25, 0.3) is 0 Å². The van der Waals surface area contributed by atoms with E-state index in [2.05, 4.69) is 5.32 Å². The van der Waals surface area contributed by atoms with Crippen molar-refractivity contribution in [3.05, 3.63) is 29.8 Å². The van der Waals surface area contributed by atoms with Crippen LogP contribution < -0.4 is 10.1 Å². The second-order valence-electron chi connectivity index (χ2n) is 8.05. The summed E-state index contributed by atoms with van der Waals surface area (Å²) >= 11 is 0. The number of amides is 3. The molecule has 3 fully saturated rings. The quantitative estimate of drug-likeness (QED) is 0.802. The van der Waals surface area contributed by atoms with Gasteiger partial charge in [-0.1, -0.05) is 0 Å². The lowest BCUT2D eigenvalue weighted by atomic mass is 9.94. The van der Waals surface area contributed by atoms with Crippen LogP contribution in [-0.2, 0) is 15.7 Å². The number of carbonyl (C=O) groups excluding carboxylic acids is 2. The molecular weight excluding hydrogens is 403 g/mol. The molecule has 1 N–H and O–H groups in total. The van der Waals surface area contributed by atoms with Gasteiger partial charge < -0.3 is 24.6 Å². The van der Waals surface area contributed by atoms with Crippen LogP contribution in [0.1, 0.15) is 18.9 Å². The van der Waals surface area contributed by atoms with Crippen molar-refractivity contribution >= 4 is 11.9 Å². The minimum absolute atomic E-state index is 0.0481. The first-order valence-corrected chi connectivity index (χ1v) is 9.99. The first-order chi connectivity index (χ1) is 14.2. The van der Waals surface area contributed by atoms with Crippen LogP contribution >= 0.6 is 0 Å². The third-order valence-electron chi connectivity index (χ3n) is 5.94. The molecule has 0 aliphatic carbocycles. The largest absolute Gasteiger partial charge is 0.490 e.